The van der Waals surface area contributed by atoms with Gasteiger partial charge >= 0.3 is 41.8 Å². The number of esters is 7. The van der Waals surface area contributed by atoms with E-state index < -0.39 is 37.9 Å². The van der Waals surface area contributed by atoms with E-state index in [0.717, 1.165) is 94.1 Å². The van der Waals surface area contributed by atoms with Gasteiger partial charge in [-0.3, -0.25) is 33.6 Å². The average Bonchev–Trinajstić information content (AvgIpc) is 0.841. The van der Waals surface area contributed by atoms with Crippen LogP contribution in [0.4, 0.5) is 0 Å². The van der Waals surface area contributed by atoms with Gasteiger partial charge in [-0.2, -0.15) is 0 Å². The summed E-state index contributed by atoms with van der Waals surface area (Å²) in [6.07, 6.45) is 42.5. The topological polar surface area (TPSA) is 267 Å². The molecule has 6 aliphatic rings. The molecule has 125 heavy (non-hydrogen) atoms. The van der Waals surface area contributed by atoms with E-state index in [1.165, 1.54) is 160 Å². The molecule has 23 nitrogen and oxygen atoms in total. The predicted octanol–water partition coefficient (Wildman–Crippen LogP) is 24.9. The monoisotopic (exact) mass is 1780 g/mol. The van der Waals surface area contributed by atoms with E-state index in [-0.39, 0.29) is 101 Å². The maximum absolute atomic E-state index is 11.9. The number of rotatable bonds is 43. The first-order valence-electron chi connectivity index (χ1n) is 48.6. The summed E-state index contributed by atoms with van der Waals surface area (Å²) in [6, 6.07) is 8.43. The first-order chi connectivity index (χ1) is 58.8. The largest absolute Gasteiger partial charge is 0.491 e. The summed E-state index contributed by atoms with van der Waals surface area (Å²) in [6.45, 7) is 52.9. The highest BCUT2D eigenvalue weighted by atomic mass is 16.7. The minimum atomic E-state index is -0.458. The minimum absolute atomic E-state index is 0.0216. The van der Waals surface area contributed by atoms with Crippen LogP contribution in [0.15, 0.2) is 24.3 Å². The molecule has 0 N–H and O–H groups in total. The fourth-order valence-corrected chi connectivity index (χ4v) is 13.6. The molecule has 23 heteroatoms. The first kappa shape index (κ1) is 118. The fraction of sp³-hybridized carbons (Fsp3) is 0.873. The fourth-order valence-electron chi connectivity index (χ4n) is 13.6. The molecule has 6 saturated carbocycles. The summed E-state index contributed by atoms with van der Waals surface area (Å²) >= 11 is 0. The van der Waals surface area contributed by atoms with Gasteiger partial charge in [0.1, 0.15) is 12.4 Å². The summed E-state index contributed by atoms with van der Waals surface area (Å²) in [5.74, 6) is 2.87. The molecule has 6 fully saturated rings. The van der Waals surface area contributed by atoms with Gasteiger partial charge < -0.3 is 75.8 Å². The van der Waals surface area contributed by atoms with Crippen LogP contribution in [0.2, 0.25) is 0 Å². The van der Waals surface area contributed by atoms with Gasteiger partial charge in [-0.25, -0.2) is 0 Å². The van der Waals surface area contributed by atoms with Crippen LogP contribution < -0.4 is 4.74 Å². The van der Waals surface area contributed by atoms with Crippen LogP contribution >= 0.6 is 0 Å². The number of ether oxygens (including phenoxy) is 16. The van der Waals surface area contributed by atoms with Crippen molar-refractivity contribution in [2.45, 2.75) is 441 Å². The van der Waals surface area contributed by atoms with Crippen LogP contribution in [0.3, 0.4) is 0 Å². The van der Waals surface area contributed by atoms with E-state index in [1.807, 2.05) is 192 Å². The van der Waals surface area contributed by atoms with E-state index in [2.05, 4.69) is 12.1 Å². The summed E-state index contributed by atoms with van der Waals surface area (Å²) in [5.41, 5.74) is -1.73. The molecule has 730 valence electrons. The van der Waals surface area contributed by atoms with Gasteiger partial charge in [-0.05, 0) is 282 Å². The number of hydrogen-bond donors (Lipinski definition) is 0. The molecule has 0 radical (unpaired) electrons. The summed E-state index contributed by atoms with van der Waals surface area (Å²) in [4.78, 5) is 81.4. The number of fused-ring (bicyclic) bond motifs is 1. The van der Waals surface area contributed by atoms with E-state index in [9.17, 15) is 33.6 Å². The molecule has 1 aromatic carbocycles. The van der Waals surface area contributed by atoms with Crippen molar-refractivity contribution in [2.24, 2.45) is 55.7 Å². The molecule has 0 heterocycles. The third-order valence-corrected chi connectivity index (χ3v) is 26.2. The number of carbonyl (C=O) groups is 7. The van der Waals surface area contributed by atoms with Crippen molar-refractivity contribution in [1.82, 2.24) is 0 Å². The number of benzene rings is 1. The Labute approximate surface area is 759 Å². The van der Waals surface area contributed by atoms with Gasteiger partial charge in [0.05, 0.1) is 94.3 Å². The summed E-state index contributed by atoms with van der Waals surface area (Å²) in [7, 11) is 0. The van der Waals surface area contributed by atoms with Gasteiger partial charge in [-0.1, -0.05) is 176 Å². The van der Waals surface area contributed by atoms with Crippen LogP contribution in [-0.4, -0.2) is 152 Å². The van der Waals surface area contributed by atoms with Crippen LogP contribution in [0.1, 0.15) is 416 Å². The quantitative estimate of drug-likeness (QED) is 0.0254. The number of carbonyl (C=O) groups excluding carboxylic acids is 7. The van der Waals surface area contributed by atoms with E-state index in [4.69, 9.17) is 75.8 Å². The minimum Gasteiger partial charge on any atom is -0.491 e. The van der Waals surface area contributed by atoms with E-state index >= 15 is 0 Å². The van der Waals surface area contributed by atoms with Crippen molar-refractivity contribution in [1.29, 1.82) is 0 Å². The molecule has 0 amide bonds. The van der Waals surface area contributed by atoms with Crippen molar-refractivity contribution in [2.75, 3.05) is 80.6 Å². The molecule has 1 aromatic rings. The van der Waals surface area contributed by atoms with E-state index in [0.29, 0.717) is 57.3 Å². The lowest BCUT2D eigenvalue weighted by molar-refractivity contribution is -0.177. The second-order valence-electron chi connectivity index (χ2n) is 40.7. The molecule has 0 aromatic heterocycles. The molecule has 7 rings (SSSR count). The lowest BCUT2D eigenvalue weighted by Gasteiger charge is -2.39. The maximum atomic E-state index is 11.9. The van der Waals surface area contributed by atoms with Crippen LogP contribution in [0.5, 0.6) is 5.75 Å². The van der Waals surface area contributed by atoms with Gasteiger partial charge in [0.2, 0.25) is 0 Å². The van der Waals surface area contributed by atoms with Crippen molar-refractivity contribution in [3.8, 4) is 5.75 Å². The smallest absolute Gasteiger partial charge is 0.313 e. The third kappa shape index (κ3) is 53.2. The average molecular weight is 1780 g/mol. The summed E-state index contributed by atoms with van der Waals surface area (Å²) in [5, 5.41) is 0. The molecule has 6 aliphatic carbocycles. The zero-order valence-electron chi connectivity index (χ0n) is 84.1. The first-order valence-corrected chi connectivity index (χ1v) is 48.6. The Morgan fingerprint density at radius 2 is 0.632 bits per heavy atom. The lowest BCUT2D eigenvalue weighted by atomic mass is 9.70. The Bertz CT molecular complexity index is 3000. The zero-order valence-corrected chi connectivity index (χ0v) is 84.1. The van der Waals surface area contributed by atoms with Gasteiger partial charge in [-0.15, -0.1) is 0 Å². The highest BCUT2D eigenvalue weighted by Gasteiger charge is 2.36. The Morgan fingerprint density at radius 1 is 0.312 bits per heavy atom. The highest BCUT2D eigenvalue weighted by molar-refractivity contribution is 5.78. The Kier molecular flexibility index (Phi) is 60.3. The molecule has 3 unspecified atom stereocenters. The highest BCUT2D eigenvalue weighted by Crippen LogP contribution is 2.42. The predicted molar refractivity (Wildman–Crippen MR) is 494 cm³/mol. The van der Waals surface area contributed by atoms with Crippen LogP contribution in [0, 0.1) is 55.7 Å². The second kappa shape index (κ2) is 63.9. The van der Waals surface area contributed by atoms with Crippen molar-refractivity contribution < 1.29 is 109 Å². The van der Waals surface area contributed by atoms with Gasteiger partial charge in [0, 0.05) is 0 Å². The zero-order chi connectivity index (χ0) is 94.2. The standard InChI is InChI=1S/C21H32O4.C17H30O3.C15H28O4.C15H28O3.C13H24O3.C11H22O3.C10H20O3/c1-4-21(2,3)20(22)25-16-23-14-15-24-19-12-10-18(11-13-19)17-8-6-5-7-9-17;1-4-17(2,3)16(18)20-12-19-15-10-9-13-7-5-6-8-14(13)11-15;1-4-15(2,3)14(16)19-12-17-10-11-18-13-8-6-5-7-9-13;1-4-15(2,3)14(16)18-12-17-11-10-13-8-6-5-7-9-13;1-4-13(2,3)12(14)16-10-15-11-8-6-5-7-9-11;1-7-11(5,6)9(12)13-8-14-10(2,3)4;1-6-10(4,5)9(11)13-7-12-8(2)3/h10-13,17H,4-9,14-16H2,1-3H3;13-15H,4-12H2,1-3H3;13H,4-12H2,1-3H3;13H,4-12H2,1-3H3;11H,4-10H2,1-3H3;7-8H2,1-6H3;8H,6-7H2,1-5H3. The maximum Gasteiger partial charge on any atom is 0.313 e. The van der Waals surface area contributed by atoms with Crippen molar-refractivity contribution in [3.05, 3.63) is 29.8 Å². The molecular formula is C102H184O23. The Balaban J connectivity index is 0.000000737. The second-order valence-corrected chi connectivity index (χ2v) is 40.7. The van der Waals surface area contributed by atoms with Crippen LogP contribution in [-0.2, 0) is 105 Å². The number of hydrogen-bond acceptors (Lipinski definition) is 23. The van der Waals surface area contributed by atoms with Gasteiger partial charge in [0.15, 0.2) is 47.6 Å². The molecule has 0 spiro atoms. The molecular weight excluding hydrogens is 1590 g/mol. The van der Waals surface area contributed by atoms with Crippen molar-refractivity contribution in [3.63, 3.8) is 0 Å². The van der Waals surface area contributed by atoms with Crippen LogP contribution in [0.25, 0.3) is 0 Å². The Morgan fingerprint density at radius 3 is 1.02 bits per heavy atom. The van der Waals surface area contributed by atoms with Crippen molar-refractivity contribution >= 4 is 41.8 Å². The summed E-state index contributed by atoms with van der Waals surface area (Å²) < 4.78 is 84.8. The molecule has 0 bridgehead atoms. The molecule has 0 aliphatic heterocycles. The third-order valence-electron chi connectivity index (χ3n) is 26.2. The normalized spacial score (nSPS) is 18.3. The molecule has 3 atom stereocenters. The van der Waals surface area contributed by atoms with Gasteiger partial charge in [0.25, 0.3) is 0 Å². The Hall–Kier alpha value is -5.01. The lowest BCUT2D eigenvalue weighted by Crippen LogP contribution is -2.33. The van der Waals surface area contributed by atoms with E-state index in [1.54, 1.807) is 0 Å². The SMILES string of the molecule is CCC(C)(C)C(=O)OCOC(C)(C)C.CCC(C)(C)C(=O)OCOC(C)C.CCC(C)(C)C(=O)OCOC1CCC2CCCCC2C1.CCC(C)(C)C(=O)OCOC1CCCCC1.CCC(C)(C)C(=O)OCOCCC1CCCCC1.CCC(C)(C)C(=O)OCOCCOC1CCCCC1.CCC(C)(C)C(=O)OCOCCOc1ccc(C2CCCCC2)cc1. The molecule has 0 saturated heterocycles.